The highest BCUT2D eigenvalue weighted by Crippen LogP contribution is 2.25. The van der Waals surface area contributed by atoms with E-state index >= 15 is 0 Å². The summed E-state index contributed by atoms with van der Waals surface area (Å²) in [6.45, 7) is 1.76. The number of sulfonamides is 1. The van der Waals surface area contributed by atoms with E-state index in [0.717, 1.165) is 25.7 Å². The molecule has 1 atom stereocenters. The summed E-state index contributed by atoms with van der Waals surface area (Å²) in [5.41, 5.74) is 0. The molecule has 1 aliphatic rings. The zero-order valence-electron chi connectivity index (χ0n) is 9.18. The molecular weight excluding hydrogens is 228 g/mol. The molecule has 1 aromatic rings. The van der Waals surface area contributed by atoms with Crippen LogP contribution in [0.5, 0.6) is 0 Å². The second kappa shape index (κ2) is 4.50. The highest BCUT2D eigenvalue weighted by atomic mass is 32.2. The molecule has 1 saturated carbocycles. The molecule has 0 spiro atoms. The van der Waals surface area contributed by atoms with Crippen LogP contribution in [0.2, 0.25) is 0 Å². The van der Waals surface area contributed by atoms with Crippen molar-refractivity contribution in [2.75, 3.05) is 0 Å². The van der Waals surface area contributed by atoms with E-state index in [0.29, 0.717) is 5.82 Å². The molecule has 1 aliphatic carbocycles. The van der Waals surface area contributed by atoms with Gasteiger partial charge in [-0.05, 0) is 19.8 Å². The molecule has 16 heavy (non-hydrogen) atoms. The molecule has 0 amide bonds. The highest BCUT2D eigenvalue weighted by Gasteiger charge is 2.30. The Kier molecular flexibility index (Phi) is 3.25. The predicted molar refractivity (Wildman–Crippen MR) is 59.1 cm³/mol. The number of aromatic nitrogens is 3. The zero-order valence-corrected chi connectivity index (χ0v) is 10.00. The topological polar surface area (TPSA) is 87.7 Å². The van der Waals surface area contributed by atoms with Gasteiger partial charge in [-0.15, -0.1) is 0 Å². The van der Waals surface area contributed by atoms with Gasteiger partial charge in [-0.25, -0.2) is 18.1 Å². The quantitative estimate of drug-likeness (QED) is 0.817. The van der Waals surface area contributed by atoms with Gasteiger partial charge in [-0.1, -0.05) is 12.8 Å². The van der Waals surface area contributed by atoms with E-state index < -0.39 is 10.0 Å². The molecule has 0 bridgehead atoms. The van der Waals surface area contributed by atoms with Gasteiger partial charge in [0.15, 0.2) is 0 Å². The summed E-state index contributed by atoms with van der Waals surface area (Å²) >= 11 is 0. The van der Waals surface area contributed by atoms with Gasteiger partial charge in [-0.3, -0.25) is 5.10 Å². The third-order valence-electron chi connectivity index (χ3n) is 2.93. The largest absolute Gasteiger partial charge is 0.262 e. The first-order valence-electron chi connectivity index (χ1n) is 5.46. The maximum Gasteiger partial charge on any atom is 0.215 e. The van der Waals surface area contributed by atoms with Crippen molar-refractivity contribution in [2.45, 2.75) is 43.9 Å². The summed E-state index contributed by atoms with van der Waals surface area (Å²) < 4.78 is 26.6. The molecule has 1 fully saturated rings. The molecular formula is C9H16N4O2S. The minimum atomic E-state index is -3.22. The van der Waals surface area contributed by atoms with E-state index in [2.05, 4.69) is 19.9 Å². The van der Waals surface area contributed by atoms with Gasteiger partial charge in [0.05, 0.1) is 11.3 Å². The van der Waals surface area contributed by atoms with E-state index in [1.54, 1.807) is 6.92 Å². The molecule has 0 radical (unpaired) electrons. The van der Waals surface area contributed by atoms with Crippen LogP contribution in [0.1, 0.15) is 44.5 Å². The van der Waals surface area contributed by atoms with Gasteiger partial charge in [0.25, 0.3) is 0 Å². The molecule has 0 saturated heterocycles. The van der Waals surface area contributed by atoms with E-state index in [1.165, 1.54) is 6.33 Å². The summed E-state index contributed by atoms with van der Waals surface area (Å²) in [6.07, 6.45) is 4.90. The number of nitrogens with one attached hydrogen (secondary N) is 2. The van der Waals surface area contributed by atoms with Gasteiger partial charge in [0.2, 0.25) is 10.0 Å². The second-order valence-corrected chi connectivity index (χ2v) is 6.15. The van der Waals surface area contributed by atoms with Crippen molar-refractivity contribution >= 4 is 10.0 Å². The number of rotatable bonds is 4. The van der Waals surface area contributed by atoms with Crippen LogP contribution in [0.3, 0.4) is 0 Å². The van der Waals surface area contributed by atoms with Crippen molar-refractivity contribution in [2.24, 2.45) is 0 Å². The average molecular weight is 244 g/mol. The van der Waals surface area contributed by atoms with Crippen molar-refractivity contribution in [3.05, 3.63) is 12.2 Å². The minimum Gasteiger partial charge on any atom is -0.262 e. The Morgan fingerprint density at radius 3 is 2.75 bits per heavy atom. The van der Waals surface area contributed by atoms with Crippen LogP contribution in [0.4, 0.5) is 0 Å². The number of hydrogen-bond acceptors (Lipinski definition) is 4. The van der Waals surface area contributed by atoms with Gasteiger partial charge in [-0.2, -0.15) is 5.10 Å². The summed E-state index contributed by atoms with van der Waals surface area (Å²) in [6, 6.07) is -0.354. The van der Waals surface area contributed by atoms with Crippen LogP contribution < -0.4 is 4.72 Å². The Morgan fingerprint density at radius 1 is 1.50 bits per heavy atom. The van der Waals surface area contributed by atoms with Gasteiger partial charge >= 0.3 is 0 Å². The summed E-state index contributed by atoms with van der Waals surface area (Å²) in [5, 5.41) is 6.12. The van der Waals surface area contributed by atoms with E-state index in [9.17, 15) is 8.42 Å². The molecule has 1 heterocycles. The standard InChI is InChI=1S/C9H16N4O2S/c1-7(9-10-6-11-12-9)13-16(14,15)8-4-2-3-5-8/h6-8,13H,2-5H2,1H3,(H,10,11,12). The molecule has 90 valence electrons. The molecule has 7 heteroatoms. The molecule has 2 N–H and O–H groups in total. The molecule has 6 nitrogen and oxygen atoms in total. The fourth-order valence-corrected chi connectivity index (χ4v) is 3.77. The Labute approximate surface area is 94.9 Å². The maximum absolute atomic E-state index is 12.0. The maximum atomic E-state index is 12.0. The lowest BCUT2D eigenvalue weighted by atomic mass is 10.3. The van der Waals surface area contributed by atoms with E-state index in [-0.39, 0.29) is 11.3 Å². The van der Waals surface area contributed by atoms with Crippen molar-refractivity contribution in [3.63, 3.8) is 0 Å². The Bertz CT molecular complexity index is 422. The normalized spacial score (nSPS) is 20.1. The fraction of sp³-hybridized carbons (Fsp3) is 0.778. The average Bonchev–Trinajstić information content (AvgIpc) is 2.91. The van der Waals surface area contributed by atoms with Crippen molar-refractivity contribution in [1.82, 2.24) is 19.9 Å². The highest BCUT2D eigenvalue weighted by molar-refractivity contribution is 7.90. The first-order chi connectivity index (χ1) is 7.59. The number of aromatic amines is 1. The lowest BCUT2D eigenvalue weighted by Gasteiger charge is -2.15. The molecule has 1 unspecified atom stereocenters. The fourth-order valence-electron chi connectivity index (χ4n) is 2.02. The summed E-state index contributed by atoms with van der Waals surface area (Å²) in [4.78, 5) is 3.93. The van der Waals surface area contributed by atoms with Gasteiger partial charge < -0.3 is 0 Å². The van der Waals surface area contributed by atoms with Gasteiger partial charge in [0, 0.05) is 0 Å². The van der Waals surface area contributed by atoms with Crippen LogP contribution in [-0.2, 0) is 10.0 Å². The van der Waals surface area contributed by atoms with Crippen LogP contribution >= 0.6 is 0 Å². The molecule has 0 aromatic carbocycles. The van der Waals surface area contributed by atoms with Crippen molar-refractivity contribution in [3.8, 4) is 0 Å². The van der Waals surface area contributed by atoms with Crippen LogP contribution in [0.25, 0.3) is 0 Å². The molecule has 2 rings (SSSR count). The monoisotopic (exact) mass is 244 g/mol. The second-order valence-electron chi connectivity index (χ2n) is 4.16. The van der Waals surface area contributed by atoms with Crippen LogP contribution in [-0.4, -0.2) is 28.8 Å². The Hall–Kier alpha value is -0.950. The first kappa shape index (κ1) is 11.5. The lowest BCUT2D eigenvalue weighted by Crippen LogP contribution is -2.34. The van der Waals surface area contributed by atoms with Crippen molar-refractivity contribution in [1.29, 1.82) is 0 Å². The summed E-state index contributed by atoms with van der Waals surface area (Å²) in [7, 11) is -3.22. The molecule has 1 aromatic heterocycles. The summed E-state index contributed by atoms with van der Waals surface area (Å²) in [5.74, 6) is 0.543. The lowest BCUT2D eigenvalue weighted by molar-refractivity contribution is 0.545. The number of nitrogens with zero attached hydrogens (tertiary/aromatic N) is 2. The first-order valence-corrected chi connectivity index (χ1v) is 7.00. The smallest absolute Gasteiger partial charge is 0.215 e. The number of H-pyrrole nitrogens is 1. The predicted octanol–water partition coefficient (Wildman–Crippen LogP) is 0.728. The van der Waals surface area contributed by atoms with Gasteiger partial charge in [0.1, 0.15) is 12.2 Å². The van der Waals surface area contributed by atoms with E-state index in [1.807, 2.05) is 0 Å². The number of hydrogen-bond donors (Lipinski definition) is 2. The Morgan fingerprint density at radius 2 is 2.19 bits per heavy atom. The zero-order chi connectivity index (χ0) is 11.6. The third-order valence-corrected chi connectivity index (χ3v) is 4.96. The molecule has 0 aliphatic heterocycles. The van der Waals surface area contributed by atoms with Crippen LogP contribution in [0.15, 0.2) is 6.33 Å². The SMILES string of the molecule is CC(NS(=O)(=O)C1CCCC1)c1ncn[nH]1. The Balaban J connectivity index is 2.03. The third kappa shape index (κ3) is 2.41. The minimum absolute atomic E-state index is 0.238. The van der Waals surface area contributed by atoms with Crippen molar-refractivity contribution < 1.29 is 8.42 Å². The van der Waals surface area contributed by atoms with Crippen LogP contribution in [0, 0.1) is 0 Å². The van der Waals surface area contributed by atoms with E-state index in [4.69, 9.17) is 0 Å².